The number of carbonyl (C=O) groups is 2. The lowest BCUT2D eigenvalue weighted by molar-refractivity contribution is -0.135. The first-order valence-corrected chi connectivity index (χ1v) is 10.1. The molecule has 1 aromatic rings. The number of hydrogen-bond acceptors (Lipinski definition) is 5. The molecule has 2 unspecified atom stereocenters. The summed E-state index contributed by atoms with van der Waals surface area (Å²) in [5.74, 6) is 0.749. The predicted octanol–water partition coefficient (Wildman–Crippen LogP) is 1.05. The summed E-state index contributed by atoms with van der Waals surface area (Å²) in [7, 11) is 5.72. The van der Waals surface area contributed by atoms with E-state index in [1.54, 1.807) is 7.11 Å². The fourth-order valence-electron chi connectivity index (χ4n) is 3.79. The largest absolute Gasteiger partial charge is 0.495 e. The summed E-state index contributed by atoms with van der Waals surface area (Å²) in [6, 6.07) is 7.97. The van der Waals surface area contributed by atoms with Crippen molar-refractivity contribution < 1.29 is 14.3 Å². The van der Waals surface area contributed by atoms with E-state index in [1.807, 2.05) is 43.3 Å². The zero-order valence-electron chi connectivity index (χ0n) is 17.2. The molecule has 1 saturated heterocycles. The van der Waals surface area contributed by atoms with Gasteiger partial charge in [0.2, 0.25) is 11.8 Å². The topological polar surface area (TPSA) is 65.1 Å². The van der Waals surface area contributed by atoms with Crippen molar-refractivity contribution in [3.05, 3.63) is 24.3 Å². The van der Waals surface area contributed by atoms with E-state index in [-0.39, 0.29) is 23.7 Å². The van der Waals surface area contributed by atoms with Crippen molar-refractivity contribution in [2.24, 2.45) is 11.8 Å². The first-order valence-electron chi connectivity index (χ1n) is 10.1. The van der Waals surface area contributed by atoms with Crippen LogP contribution in [0.3, 0.4) is 0 Å². The summed E-state index contributed by atoms with van der Waals surface area (Å²) in [5.41, 5.74) is 1.07. The maximum atomic E-state index is 12.8. The van der Waals surface area contributed by atoms with E-state index in [4.69, 9.17) is 4.74 Å². The molecule has 2 atom stereocenters. The number of para-hydroxylation sites is 2. The molecule has 2 fully saturated rings. The van der Waals surface area contributed by atoms with E-state index in [9.17, 15) is 9.59 Å². The highest BCUT2D eigenvalue weighted by molar-refractivity contribution is 5.92. The van der Waals surface area contributed by atoms with Crippen LogP contribution in [0.4, 0.5) is 5.69 Å². The molecule has 28 heavy (non-hydrogen) atoms. The number of benzene rings is 1. The Bertz CT molecular complexity index is 686. The molecule has 1 heterocycles. The number of amides is 2. The summed E-state index contributed by atoms with van der Waals surface area (Å²) >= 11 is 0. The van der Waals surface area contributed by atoms with Gasteiger partial charge in [-0.2, -0.15) is 0 Å². The SMILES string of the molecule is COc1ccccc1N1CCN(C(=O)C2CC2C(=O)NCCCN(C)C)CC1. The van der Waals surface area contributed by atoms with E-state index in [2.05, 4.69) is 15.1 Å². The number of nitrogens with one attached hydrogen (secondary N) is 1. The maximum Gasteiger partial charge on any atom is 0.226 e. The molecule has 1 aliphatic heterocycles. The molecule has 154 valence electrons. The molecule has 0 radical (unpaired) electrons. The van der Waals surface area contributed by atoms with Crippen LogP contribution in [-0.2, 0) is 9.59 Å². The second-order valence-corrected chi connectivity index (χ2v) is 7.88. The fourth-order valence-corrected chi connectivity index (χ4v) is 3.79. The van der Waals surface area contributed by atoms with E-state index in [0.29, 0.717) is 26.1 Å². The molecule has 1 aliphatic carbocycles. The van der Waals surface area contributed by atoms with Crippen molar-refractivity contribution in [3.63, 3.8) is 0 Å². The fraction of sp³-hybridized carbons (Fsp3) is 0.619. The van der Waals surface area contributed by atoms with Gasteiger partial charge in [-0.05, 0) is 45.6 Å². The van der Waals surface area contributed by atoms with Gasteiger partial charge in [-0.25, -0.2) is 0 Å². The number of nitrogens with zero attached hydrogens (tertiary/aromatic N) is 3. The van der Waals surface area contributed by atoms with Gasteiger partial charge in [0.1, 0.15) is 5.75 Å². The van der Waals surface area contributed by atoms with Gasteiger partial charge in [0.25, 0.3) is 0 Å². The van der Waals surface area contributed by atoms with E-state index >= 15 is 0 Å². The van der Waals surface area contributed by atoms with E-state index in [0.717, 1.165) is 37.5 Å². The number of ether oxygens (including phenoxy) is 1. The average molecular weight is 389 g/mol. The lowest BCUT2D eigenvalue weighted by atomic mass is 10.2. The van der Waals surface area contributed by atoms with Crippen LogP contribution in [0.25, 0.3) is 0 Å². The van der Waals surface area contributed by atoms with Crippen LogP contribution in [0.15, 0.2) is 24.3 Å². The summed E-state index contributed by atoms with van der Waals surface area (Å²) < 4.78 is 5.45. The van der Waals surface area contributed by atoms with Crippen molar-refractivity contribution in [2.45, 2.75) is 12.8 Å². The first kappa shape index (κ1) is 20.5. The highest BCUT2D eigenvalue weighted by Crippen LogP contribution is 2.40. The van der Waals surface area contributed by atoms with Crippen molar-refractivity contribution in [1.82, 2.24) is 15.1 Å². The Labute approximate surface area is 167 Å². The Balaban J connectivity index is 1.43. The second-order valence-electron chi connectivity index (χ2n) is 7.88. The Morgan fingerprint density at radius 1 is 1.14 bits per heavy atom. The standard InChI is InChI=1S/C21H32N4O3/c1-23(2)10-6-9-22-20(26)16-15-17(16)21(27)25-13-11-24(12-14-25)18-7-4-5-8-19(18)28-3/h4-5,7-8,16-17H,6,9-15H2,1-3H3,(H,22,26). The van der Waals surface area contributed by atoms with Gasteiger partial charge >= 0.3 is 0 Å². The number of rotatable bonds is 8. The third-order valence-corrected chi connectivity index (χ3v) is 5.54. The normalized spacial score (nSPS) is 21.6. The monoisotopic (exact) mass is 388 g/mol. The van der Waals surface area contributed by atoms with Crippen LogP contribution in [0.2, 0.25) is 0 Å². The molecule has 7 heteroatoms. The van der Waals surface area contributed by atoms with Gasteiger partial charge in [-0.1, -0.05) is 12.1 Å². The maximum absolute atomic E-state index is 12.8. The van der Waals surface area contributed by atoms with Crippen LogP contribution in [-0.4, -0.2) is 82.1 Å². The van der Waals surface area contributed by atoms with Gasteiger partial charge in [0, 0.05) is 32.7 Å². The highest BCUT2D eigenvalue weighted by atomic mass is 16.5. The van der Waals surface area contributed by atoms with Crippen molar-refractivity contribution in [2.75, 3.05) is 65.4 Å². The number of carbonyl (C=O) groups excluding carboxylic acids is 2. The minimum absolute atomic E-state index is 0.0322. The van der Waals surface area contributed by atoms with Gasteiger partial charge in [0.15, 0.2) is 0 Å². The molecular weight excluding hydrogens is 356 g/mol. The third-order valence-electron chi connectivity index (χ3n) is 5.54. The molecule has 1 saturated carbocycles. The molecule has 2 amide bonds. The van der Waals surface area contributed by atoms with Crippen LogP contribution < -0.4 is 15.0 Å². The summed E-state index contributed by atoms with van der Waals surface area (Å²) in [6.45, 7) is 4.55. The van der Waals surface area contributed by atoms with Gasteiger partial charge in [0.05, 0.1) is 24.6 Å². The minimum Gasteiger partial charge on any atom is -0.495 e. The van der Waals surface area contributed by atoms with E-state index in [1.165, 1.54) is 0 Å². The molecule has 7 nitrogen and oxygen atoms in total. The van der Waals surface area contributed by atoms with Gasteiger partial charge in [-0.3, -0.25) is 9.59 Å². The Morgan fingerprint density at radius 3 is 2.54 bits per heavy atom. The van der Waals surface area contributed by atoms with Crippen LogP contribution >= 0.6 is 0 Å². The van der Waals surface area contributed by atoms with Crippen LogP contribution in [0.1, 0.15) is 12.8 Å². The number of anilines is 1. The number of piperazine rings is 1. The zero-order valence-corrected chi connectivity index (χ0v) is 17.2. The minimum atomic E-state index is -0.140. The number of methoxy groups -OCH3 is 1. The molecule has 0 bridgehead atoms. The molecule has 1 aromatic carbocycles. The third kappa shape index (κ3) is 4.95. The molecule has 1 N–H and O–H groups in total. The smallest absolute Gasteiger partial charge is 0.226 e. The molecule has 0 aromatic heterocycles. The van der Waals surface area contributed by atoms with Gasteiger partial charge < -0.3 is 24.8 Å². The molecule has 2 aliphatic rings. The van der Waals surface area contributed by atoms with Crippen molar-refractivity contribution in [1.29, 1.82) is 0 Å². The first-order chi connectivity index (χ1) is 13.5. The van der Waals surface area contributed by atoms with Crippen LogP contribution in [0.5, 0.6) is 5.75 Å². The number of hydrogen-bond donors (Lipinski definition) is 1. The second kappa shape index (κ2) is 9.28. The van der Waals surface area contributed by atoms with E-state index < -0.39 is 0 Å². The van der Waals surface area contributed by atoms with Crippen LogP contribution in [0, 0.1) is 11.8 Å². The van der Waals surface area contributed by atoms with Crippen molar-refractivity contribution >= 4 is 17.5 Å². The lowest BCUT2D eigenvalue weighted by Gasteiger charge is -2.36. The highest BCUT2D eigenvalue weighted by Gasteiger charge is 2.49. The summed E-state index contributed by atoms with van der Waals surface area (Å²) in [5, 5.41) is 2.97. The predicted molar refractivity (Wildman–Crippen MR) is 110 cm³/mol. The Hall–Kier alpha value is -2.28. The molecule has 0 spiro atoms. The molecule has 3 rings (SSSR count). The quantitative estimate of drug-likeness (QED) is 0.675. The van der Waals surface area contributed by atoms with Gasteiger partial charge in [-0.15, -0.1) is 0 Å². The Morgan fingerprint density at radius 2 is 1.86 bits per heavy atom. The molecular formula is C21H32N4O3. The average Bonchev–Trinajstić information content (AvgIpc) is 3.51. The lowest BCUT2D eigenvalue weighted by Crippen LogP contribution is -2.49. The Kier molecular flexibility index (Phi) is 6.78. The zero-order chi connectivity index (χ0) is 20.1. The summed E-state index contributed by atoms with van der Waals surface area (Å²) in [6.07, 6.45) is 1.61. The summed E-state index contributed by atoms with van der Waals surface area (Å²) in [4.78, 5) is 31.3. The van der Waals surface area contributed by atoms with Crippen molar-refractivity contribution in [3.8, 4) is 5.75 Å².